The molecular weight excluding hydrogens is 194 g/mol. The fourth-order valence-electron chi connectivity index (χ4n) is 1.66. The Morgan fingerprint density at radius 3 is 2.36 bits per heavy atom. The summed E-state index contributed by atoms with van der Waals surface area (Å²) in [6.45, 7) is 9.20. The first kappa shape index (κ1) is 11.7. The molecule has 0 saturated carbocycles. The molecule has 0 aliphatic carbocycles. The van der Waals surface area contributed by atoms with Crippen LogP contribution in [0.15, 0.2) is 6.20 Å². The van der Waals surface area contributed by atoms with Gasteiger partial charge in [0.05, 0.1) is 0 Å². The van der Waals surface area contributed by atoms with Gasteiger partial charge in [0, 0.05) is 17.7 Å². The monoisotopic (exact) mass is 213 g/mol. The Kier molecular flexibility index (Phi) is 4.08. The van der Waals surface area contributed by atoms with Gasteiger partial charge in [-0.1, -0.05) is 13.8 Å². The van der Waals surface area contributed by atoms with Crippen molar-refractivity contribution in [1.29, 1.82) is 0 Å². The molecule has 0 aromatic carbocycles. The van der Waals surface area contributed by atoms with Crippen molar-refractivity contribution in [2.24, 2.45) is 0 Å². The lowest BCUT2D eigenvalue weighted by atomic mass is 9.98. The lowest BCUT2D eigenvalue weighted by Crippen LogP contribution is -2.28. The number of rotatable bonds is 5. The van der Waals surface area contributed by atoms with E-state index < -0.39 is 0 Å². The van der Waals surface area contributed by atoms with Gasteiger partial charge in [0.1, 0.15) is 10.6 Å². The van der Waals surface area contributed by atoms with Crippen LogP contribution in [0.4, 0.5) is 0 Å². The van der Waals surface area contributed by atoms with Gasteiger partial charge in [0.25, 0.3) is 0 Å². The summed E-state index contributed by atoms with van der Waals surface area (Å²) in [6.07, 6.45) is 3.91. The zero-order valence-corrected chi connectivity index (χ0v) is 10.3. The molecule has 0 spiro atoms. The molecule has 1 rings (SSSR count). The minimum absolute atomic E-state index is 0.145. The van der Waals surface area contributed by atoms with Crippen molar-refractivity contribution < 1.29 is 4.74 Å². The molecule has 0 fully saturated rings. The molecule has 0 unspecified atom stereocenters. The predicted octanol–water partition coefficient (Wildman–Crippen LogP) is 3.50. The van der Waals surface area contributed by atoms with Crippen LogP contribution in [0, 0.1) is 6.92 Å². The second-order valence-corrected chi connectivity index (χ2v) is 4.65. The van der Waals surface area contributed by atoms with Crippen LogP contribution in [0.5, 0.6) is 0 Å². The highest BCUT2D eigenvalue weighted by atomic mass is 32.1. The SMILES string of the molecule is CCOC(CC)(CC)c1ncc(C)s1. The van der Waals surface area contributed by atoms with Crippen molar-refractivity contribution >= 4 is 11.3 Å². The maximum Gasteiger partial charge on any atom is 0.125 e. The number of hydrogen-bond acceptors (Lipinski definition) is 3. The maximum absolute atomic E-state index is 5.88. The predicted molar refractivity (Wildman–Crippen MR) is 60.7 cm³/mol. The molecule has 14 heavy (non-hydrogen) atoms. The molecule has 0 saturated heterocycles. The third kappa shape index (κ3) is 2.15. The van der Waals surface area contributed by atoms with E-state index in [4.69, 9.17) is 4.74 Å². The van der Waals surface area contributed by atoms with E-state index in [2.05, 4.69) is 25.8 Å². The smallest absolute Gasteiger partial charge is 0.125 e. The van der Waals surface area contributed by atoms with Crippen LogP contribution in [-0.2, 0) is 10.3 Å². The van der Waals surface area contributed by atoms with E-state index in [0.29, 0.717) is 0 Å². The molecule has 1 aromatic heterocycles. The standard InChI is InChI=1S/C11H19NOS/c1-5-11(6-2,13-7-3)10-12-8-9(4)14-10/h8H,5-7H2,1-4H3. The number of aryl methyl sites for hydroxylation is 1. The highest BCUT2D eigenvalue weighted by molar-refractivity contribution is 7.11. The quantitative estimate of drug-likeness (QED) is 0.746. The number of ether oxygens (including phenoxy) is 1. The Morgan fingerprint density at radius 1 is 1.36 bits per heavy atom. The lowest BCUT2D eigenvalue weighted by Gasteiger charge is -2.29. The van der Waals surface area contributed by atoms with Crippen LogP contribution >= 0.6 is 11.3 Å². The van der Waals surface area contributed by atoms with E-state index in [1.807, 2.05) is 13.1 Å². The molecular formula is C11H19NOS. The molecule has 0 radical (unpaired) electrons. The summed E-state index contributed by atoms with van der Waals surface area (Å²) in [4.78, 5) is 5.70. The normalized spacial score (nSPS) is 12.0. The number of nitrogens with zero attached hydrogens (tertiary/aromatic N) is 1. The summed E-state index contributed by atoms with van der Waals surface area (Å²) in [6, 6.07) is 0. The minimum Gasteiger partial charge on any atom is -0.368 e. The third-order valence-corrected chi connectivity index (χ3v) is 3.67. The Hall–Kier alpha value is -0.410. The van der Waals surface area contributed by atoms with Gasteiger partial charge < -0.3 is 4.74 Å². The van der Waals surface area contributed by atoms with Gasteiger partial charge in [-0.05, 0) is 26.7 Å². The zero-order valence-electron chi connectivity index (χ0n) is 9.46. The van der Waals surface area contributed by atoms with Gasteiger partial charge in [-0.2, -0.15) is 0 Å². The van der Waals surface area contributed by atoms with E-state index in [1.165, 1.54) is 4.88 Å². The van der Waals surface area contributed by atoms with Crippen LogP contribution in [0.25, 0.3) is 0 Å². The van der Waals surface area contributed by atoms with Crippen molar-refractivity contribution in [3.05, 3.63) is 16.1 Å². The average Bonchev–Trinajstić information content (AvgIpc) is 2.62. The van der Waals surface area contributed by atoms with Crippen LogP contribution in [-0.4, -0.2) is 11.6 Å². The molecule has 0 amide bonds. The number of thiazole rings is 1. The Bertz CT molecular complexity index is 279. The van der Waals surface area contributed by atoms with Gasteiger partial charge in [-0.3, -0.25) is 0 Å². The fraction of sp³-hybridized carbons (Fsp3) is 0.727. The van der Waals surface area contributed by atoms with Gasteiger partial charge in [-0.15, -0.1) is 11.3 Å². The summed E-state index contributed by atoms with van der Waals surface area (Å²) in [7, 11) is 0. The Balaban J connectivity index is 2.97. The van der Waals surface area contributed by atoms with Gasteiger partial charge >= 0.3 is 0 Å². The largest absolute Gasteiger partial charge is 0.368 e. The maximum atomic E-state index is 5.88. The Labute approximate surface area is 90.3 Å². The van der Waals surface area contributed by atoms with Crippen LogP contribution in [0.2, 0.25) is 0 Å². The molecule has 0 atom stereocenters. The molecule has 0 aliphatic heterocycles. The lowest BCUT2D eigenvalue weighted by molar-refractivity contribution is -0.0506. The van der Waals surface area contributed by atoms with E-state index in [9.17, 15) is 0 Å². The van der Waals surface area contributed by atoms with Crippen LogP contribution in [0.3, 0.4) is 0 Å². The topological polar surface area (TPSA) is 22.1 Å². The minimum atomic E-state index is -0.145. The molecule has 2 nitrogen and oxygen atoms in total. The van der Waals surface area contributed by atoms with Crippen LogP contribution < -0.4 is 0 Å². The van der Waals surface area contributed by atoms with Crippen molar-refractivity contribution in [1.82, 2.24) is 4.98 Å². The highest BCUT2D eigenvalue weighted by Gasteiger charge is 2.31. The van der Waals surface area contributed by atoms with E-state index >= 15 is 0 Å². The second kappa shape index (κ2) is 4.89. The summed E-state index contributed by atoms with van der Waals surface area (Å²) in [5.41, 5.74) is -0.145. The molecule has 1 aromatic rings. The average molecular weight is 213 g/mol. The van der Waals surface area contributed by atoms with Crippen molar-refractivity contribution in [2.75, 3.05) is 6.61 Å². The summed E-state index contributed by atoms with van der Waals surface area (Å²) >= 11 is 1.75. The first-order valence-corrected chi connectivity index (χ1v) is 6.07. The molecule has 0 aliphatic rings. The number of aromatic nitrogens is 1. The molecule has 1 heterocycles. The third-order valence-electron chi connectivity index (χ3n) is 2.57. The van der Waals surface area contributed by atoms with E-state index in [0.717, 1.165) is 24.5 Å². The molecule has 0 N–H and O–H groups in total. The Morgan fingerprint density at radius 2 is 2.00 bits per heavy atom. The van der Waals surface area contributed by atoms with E-state index in [1.54, 1.807) is 11.3 Å². The summed E-state index contributed by atoms with van der Waals surface area (Å²) in [5, 5.41) is 1.13. The van der Waals surface area contributed by atoms with Gasteiger partial charge in [0.15, 0.2) is 0 Å². The fourth-order valence-corrected chi connectivity index (χ4v) is 2.71. The molecule has 80 valence electrons. The highest BCUT2D eigenvalue weighted by Crippen LogP contribution is 2.35. The van der Waals surface area contributed by atoms with Crippen molar-refractivity contribution in [3.63, 3.8) is 0 Å². The second-order valence-electron chi connectivity index (χ2n) is 3.41. The van der Waals surface area contributed by atoms with Crippen molar-refractivity contribution in [3.8, 4) is 0 Å². The summed E-state index contributed by atoms with van der Waals surface area (Å²) in [5.74, 6) is 0. The molecule has 0 bridgehead atoms. The van der Waals surface area contributed by atoms with Crippen LogP contribution in [0.1, 0.15) is 43.5 Å². The van der Waals surface area contributed by atoms with Crippen molar-refractivity contribution in [2.45, 2.75) is 46.1 Å². The van der Waals surface area contributed by atoms with Gasteiger partial charge in [0.2, 0.25) is 0 Å². The van der Waals surface area contributed by atoms with E-state index in [-0.39, 0.29) is 5.60 Å². The molecule has 3 heteroatoms. The summed E-state index contributed by atoms with van der Waals surface area (Å²) < 4.78 is 5.88. The first-order valence-electron chi connectivity index (χ1n) is 5.25. The first-order chi connectivity index (χ1) is 6.68. The van der Waals surface area contributed by atoms with Gasteiger partial charge in [-0.25, -0.2) is 4.98 Å². The number of hydrogen-bond donors (Lipinski definition) is 0. The zero-order chi connectivity index (χ0) is 10.6.